The fourth-order valence-electron chi connectivity index (χ4n) is 1.37. The first-order valence-electron chi connectivity index (χ1n) is 6.03. The SMILES string of the molecule is CC1(C)COB(O)OCC(C)(C)COB(O)OC1. The third kappa shape index (κ3) is 6.17. The highest BCUT2D eigenvalue weighted by Gasteiger charge is 2.31. The Kier molecular flexibility index (Phi) is 5.64. The second-order valence-electron chi connectivity index (χ2n) is 6.19. The van der Waals surface area contributed by atoms with E-state index >= 15 is 0 Å². The zero-order chi connectivity index (χ0) is 13.8. The van der Waals surface area contributed by atoms with E-state index in [4.69, 9.17) is 18.6 Å². The van der Waals surface area contributed by atoms with Gasteiger partial charge in [-0.15, -0.1) is 0 Å². The lowest BCUT2D eigenvalue weighted by atomic mass is 9.93. The van der Waals surface area contributed by atoms with Crippen molar-refractivity contribution < 1.29 is 28.7 Å². The molecule has 0 aromatic heterocycles. The zero-order valence-corrected chi connectivity index (χ0v) is 11.5. The van der Waals surface area contributed by atoms with Gasteiger partial charge < -0.3 is 28.7 Å². The van der Waals surface area contributed by atoms with Gasteiger partial charge in [0.25, 0.3) is 0 Å². The molecule has 8 heteroatoms. The molecule has 0 bridgehead atoms. The third-order valence-electron chi connectivity index (χ3n) is 2.47. The van der Waals surface area contributed by atoms with Crippen molar-refractivity contribution in [2.75, 3.05) is 26.4 Å². The van der Waals surface area contributed by atoms with E-state index in [0.717, 1.165) is 0 Å². The van der Waals surface area contributed by atoms with E-state index in [9.17, 15) is 10.0 Å². The molecule has 1 heterocycles. The van der Waals surface area contributed by atoms with Crippen LogP contribution in [0, 0.1) is 10.8 Å². The van der Waals surface area contributed by atoms with Crippen LogP contribution in [0.25, 0.3) is 0 Å². The van der Waals surface area contributed by atoms with Crippen LogP contribution in [0.1, 0.15) is 27.7 Å². The summed E-state index contributed by atoms with van der Waals surface area (Å²) < 4.78 is 20.8. The van der Waals surface area contributed by atoms with Crippen LogP contribution in [0.3, 0.4) is 0 Å². The summed E-state index contributed by atoms with van der Waals surface area (Å²) in [6.07, 6.45) is 0. The molecule has 1 aliphatic heterocycles. The summed E-state index contributed by atoms with van der Waals surface area (Å²) in [5, 5.41) is 19.1. The van der Waals surface area contributed by atoms with Gasteiger partial charge in [-0.25, -0.2) is 0 Å². The maximum absolute atomic E-state index is 9.53. The summed E-state index contributed by atoms with van der Waals surface area (Å²) in [6, 6.07) is 0. The molecule has 0 aromatic rings. The predicted molar refractivity (Wildman–Crippen MR) is 67.3 cm³/mol. The molecule has 0 spiro atoms. The van der Waals surface area contributed by atoms with E-state index in [1.807, 2.05) is 27.7 Å². The second-order valence-corrected chi connectivity index (χ2v) is 6.19. The molecule has 0 saturated carbocycles. The average Bonchev–Trinajstić information content (AvgIpc) is 2.28. The van der Waals surface area contributed by atoms with Gasteiger partial charge in [-0.2, -0.15) is 0 Å². The van der Waals surface area contributed by atoms with Gasteiger partial charge in [0.05, 0.1) is 0 Å². The van der Waals surface area contributed by atoms with Gasteiger partial charge in [0, 0.05) is 37.3 Å². The van der Waals surface area contributed by atoms with Gasteiger partial charge in [-0.3, -0.25) is 0 Å². The lowest BCUT2D eigenvalue weighted by molar-refractivity contribution is -0.00325. The molecule has 1 aliphatic rings. The number of hydrogen-bond donors (Lipinski definition) is 2. The standard InChI is InChI=1S/C10H22B2O6/c1-9(2)5-15-11(13)17-7-10(3,4)8-18-12(14)16-6-9/h13-14H,5-8H2,1-4H3. The first kappa shape index (κ1) is 15.9. The van der Waals surface area contributed by atoms with Gasteiger partial charge in [0.2, 0.25) is 0 Å². The van der Waals surface area contributed by atoms with Gasteiger partial charge >= 0.3 is 14.6 Å². The smallest absolute Gasteiger partial charge is 0.402 e. The average molecular weight is 260 g/mol. The zero-order valence-electron chi connectivity index (χ0n) is 11.5. The van der Waals surface area contributed by atoms with Gasteiger partial charge in [-0.05, 0) is 0 Å². The van der Waals surface area contributed by atoms with Crippen LogP contribution in [0.15, 0.2) is 0 Å². The molecule has 18 heavy (non-hydrogen) atoms. The molecule has 2 N–H and O–H groups in total. The Morgan fingerprint density at radius 2 is 0.889 bits per heavy atom. The minimum atomic E-state index is -1.26. The molecule has 104 valence electrons. The maximum atomic E-state index is 9.53. The molecule has 0 aromatic carbocycles. The molecule has 6 nitrogen and oxygen atoms in total. The summed E-state index contributed by atoms with van der Waals surface area (Å²) in [4.78, 5) is 0. The van der Waals surface area contributed by atoms with E-state index in [-0.39, 0.29) is 37.3 Å². The molecule has 1 rings (SSSR count). The monoisotopic (exact) mass is 260 g/mol. The summed E-state index contributed by atoms with van der Waals surface area (Å²) >= 11 is 0. The highest BCUT2D eigenvalue weighted by Crippen LogP contribution is 2.20. The largest absolute Gasteiger partial charge is 0.636 e. The van der Waals surface area contributed by atoms with Gasteiger partial charge in [0.1, 0.15) is 0 Å². The van der Waals surface area contributed by atoms with E-state index in [0.29, 0.717) is 0 Å². The quantitative estimate of drug-likeness (QED) is 0.600. The second kappa shape index (κ2) is 6.36. The molecule has 1 fully saturated rings. The van der Waals surface area contributed by atoms with Crippen molar-refractivity contribution in [3.8, 4) is 0 Å². The van der Waals surface area contributed by atoms with Gasteiger partial charge in [0.15, 0.2) is 0 Å². The molecule has 0 atom stereocenters. The Balaban J connectivity index is 2.60. The molecule has 1 saturated heterocycles. The molecule has 0 aliphatic carbocycles. The maximum Gasteiger partial charge on any atom is 0.636 e. The third-order valence-corrected chi connectivity index (χ3v) is 2.47. The van der Waals surface area contributed by atoms with Crippen molar-refractivity contribution in [1.29, 1.82) is 0 Å². The molecular weight excluding hydrogens is 238 g/mol. The molecule has 0 amide bonds. The Morgan fingerprint density at radius 3 is 1.11 bits per heavy atom. The Bertz CT molecular complexity index is 215. The van der Waals surface area contributed by atoms with Crippen molar-refractivity contribution in [2.45, 2.75) is 27.7 Å². The summed E-state index contributed by atoms with van der Waals surface area (Å²) in [6.45, 7) is 8.57. The van der Waals surface area contributed by atoms with E-state index in [2.05, 4.69) is 0 Å². The highest BCUT2D eigenvalue weighted by molar-refractivity contribution is 6.35. The van der Waals surface area contributed by atoms with E-state index < -0.39 is 14.6 Å². The lowest BCUT2D eigenvalue weighted by Gasteiger charge is -2.30. The minimum Gasteiger partial charge on any atom is -0.402 e. The normalized spacial score (nSPS) is 26.3. The summed E-state index contributed by atoms with van der Waals surface area (Å²) in [5.41, 5.74) is -0.715. The molecule has 0 unspecified atom stereocenters. The van der Waals surface area contributed by atoms with Crippen LogP contribution >= 0.6 is 0 Å². The highest BCUT2D eigenvalue weighted by atomic mass is 16.7. The minimum absolute atomic E-state index is 0.251. The fourth-order valence-corrected chi connectivity index (χ4v) is 1.37. The lowest BCUT2D eigenvalue weighted by Crippen LogP contribution is -2.40. The van der Waals surface area contributed by atoms with Gasteiger partial charge in [-0.1, -0.05) is 27.7 Å². The number of rotatable bonds is 0. The van der Waals surface area contributed by atoms with Crippen LogP contribution in [-0.4, -0.2) is 51.1 Å². The van der Waals surface area contributed by atoms with E-state index in [1.165, 1.54) is 0 Å². The van der Waals surface area contributed by atoms with Crippen molar-refractivity contribution in [3.05, 3.63) is 0 Å². The van der Waals surface area contributed by atoms with Crippen molar-refractivity contribution in [1.82, 2.24) is 0 Å². The molecular formula is C10H22B2O6. The fraction of sp³-hybridized carbons (Fsp3) is 1.00. The van der Waals surface area contributed by atoms with Crippen LogP contribution in [0.2, 0.25) is 0 Å². The number of hydrogen-bond acceptors (Lipinski definition) is 6. The topological polar surface area (TPSA) is 77.4 Å². The van der Waals surface area contributed by atoms with Crippen molar-refractivity contribution >= 4 is 14.6 Å². The van der Waals surface area contributed by atoms with Crippen molar-refractivity contribution in [3.63, 3.8) is 0 Å². The predicted octanol–water partition coefficient (Wildman–Crippen LogP) is 0.0732. The van der Waals surface area contributed by atoms with Crippen LogP contribution in [0.5, 0.6) is 0 Å². The first-order chi connectivity index (χ1) is 8.20. The van der Waals surface area contributed by atoms with Crippen LogP contribution in [0.4, 0.5) is 0 Å². The van der Waals surface area contributed by atoms with Crippen LogP contribution < -0.4 is 0 Å². The Labute approximate surface area is 109 Å². The van der Waals surface area contributed by atoms with Crippen molar-refractivity contribution in [2.24, 2.45) is 10.8 Å². The Morgan fingerprint density at radius 1 is 0.667 bits per heavy atom. The summed E-state index contributed by atoms with van der Waals surface area (Å²) in [7, 11) is -2.51. The van der Waals surface area contributed by atoms with Crippen LogP contribution in [-0.2, 0) is 18.6 Å². The first-order valence-corrected chi connectivity index (χ1v) is 6.03. The molecule has 0 radical (unpaired) electrons. The van der Waals surface area contributed by atoms with E-state index in [1.54, 1.807) is 0 Å². The Hall–Kier alpha value is -0.110. The summed E-state index contributed by atoms with van der Waals surface area (Å²) in [5.74, 6) is 0.